The first-order valence-electron chi connectivity index (χ1n) is 5.22. The molecule has 0 spiro atoms. The van der Waals surface area contributed by atoms with Crippen molar-refractivity contribution in [2.45, 2.75) is 6.92 Å². The van der Waals surface area contributed by atoms with Crippen LogP contribution in [0.3, 0.4) is 0 Å². The highest BCUT2D eigenvalue weighted by Gasteiger charge is 2.13. The molecule has 0 aliphatic carbocycles. The van der Waals surface area contributed by atoms with Gasteiger partial charge in [-0.1, -0.05) is 0 Å². The number of hydrogen-bond donors (Lipinski definition) is 1. The summed E-state index contributed by atoms with van der Waals surface area (Å²) in [6, 6.07) is 4.05. The average Bonchev–Trinajstić information content (AvgIpc) is 2.77. The van der Waals surface area contributed by atoms with E-state index < -0.39 is 5.82 Å². The highest BCUT2D eigenvalue weighted by atomic mass is 19.1. The highest BCUT2D eigenvalue weighted by molar-refractivity contribution is 5.70. The molecule has 1 heterocycles. The van der Waals surface area contributed by atoms with Crippen molar-refractivity contribution in [3.8, 4) is 11.5 Å². The molecule has 1 aromatic carbocycles. The molecule has 0 saturated carbocycles. The molecule has 0 saturated heterocycles. The maximum atomic E-state index is 12.9. The zero-order valence-electron chi connectivity index (χ0n) is 9.64. The Morgan fingerprint density at radius 3 is 2.88 bits per heavy atom. The van der Waals surface area contributed by atoms with Crippen molar-refractivity contribution in [3.63, 3.8) is 0 Å². The van der Waals surface area contributed by atoms with Gasteiger partial charge < -0.3 is 15.2 Å². The fourth-order valence-corrected chi connectivity index (χ4v) is 1.35. The van der Waals surface area contributed by atoms with Crippen LogP contribution in [0, 0.1) is 5.82 Å². The van der Waals surface area contributed by atoms with Gasteiger partial charge in [-0.3, -0.25) is 0 Å². The molecule has 0 atom stereocenters. The third-order valence-corrected chi connectivity index (χ3v) is 2.48. The van der Waals surface area contributed by atoms with Gasteiger partial charge >= 0.3 is 0 Å². The Morgan fingerprint density at radius 2 is 2.24 bits per heavy atom. The lowest BCUT2D eigenvalue weighted by molar-refractivity contribution is 0.430. The molecule has 2 N–H and O–H groups in total. The summed E-state index contributed by atoms with van der Waals surface area (Å²) in [6.07, 6.45) is 0. The molecule has 17 heavy (non-hydrogen) atoms. The number of hydrogen-bond acceptors (Lipinski definition) is 5. The smallest absolute Gasteiger partial charge is 0.266 e. The summed E-state index contributed by atoms with van der Waals surface area (Å²) in [5, 5.41) is 3.82. The van der Waals surface area contributed by atoms with Crippen LogP contribution in [0.4, 0.5) is 16.0 Å². The summed E-state index contributed by atoms with van der Waals surface area (Å²) in [4.78, 5) is 6.01. The molecule has 0 bridgehead atoms. The molecule has 0 aliphatic heterocycles. The Balaban J connectivity index is 2.37. The molecule has 0 radical (unpaired) electrons. The predicted octanol–water partition coefficient (Wildman–Crippen LogP) is 1.91. The summed E-state index contributed by atoms with van der Waals surface area (Å²) < 4.78 is 18.0. The van der Waals surface area contributed by atoms with Gasteiger partial charge in [0, 0.05) is 19.3 Å². The van der Waals surface area contributed by atoms with Crippen LogP contribution >= 0.6 is 0 Å². The summed E-state index contributed by atoms with van der Waals surface area (Å²) >= 11 is 0. The van der Waals surface area contributed by atoms with E-state index in [9.17, 15) is 4.39 Å². The van der Waals surface area contributed by atoms with E-state index in [2.05, 4.69) is 10.1 Å². The van der Waals surface area contributed by atoms with E-state index in [0.29, 0.717) is 11.5 Å². The number of anilines is 2. The Kier molecular flexibility index (Phi) is 2.95. The predicted molar refractivity (Wildman–Crippen MR) is 63.0 cm³/mol. The quantitative estimate of drug-likeness (QED) is 0.824. The summed E-state index contributed by atoms with van der Waals surface area (Å²) in [5.74, 6) is 0.376. The number of nitrogens with zero attached hydrogens (tertiary/aromatic N) is 3. The topological polar surface area (TPSA) is 68.2 Å². The third-order valence-electron chi connectivity index (χ3n) is 2.48. The van der Waals surface area contributed by atoms with Crippen molar-refractivity contribution >= 4 is 11.6 Å². The molecule has 0 fully saturated rings. The van der Waals surface area contributed by atoms with Crippen molar-refractivity contribution in [1.29, 1.82) is 0 Å². The van der Waals surface area contributed by atoms with E-state index in [1.807, 2.05) is 18.9 Å². The Labute approximate surface area is 98.0 Å². The third kappa shape index (κ3) is 2.20. The van der Waals surface area contributed by atoms with Crippen LogP contribution in [0.2, 0.25) is 0 Å². The second-order valence-electron chi connectivity index (χ2n) is 3.65. The van der Waals surface area contributed by atoms with Gasteiger partial charge in [0.25, 0.3) is 11.8 Å². The van der Waals surface area contributed by atoms with Gasteiger partial charge in [-0.15, -0.1) is 0 Å². The lowest BCUT2D eigenvalue weighted by Crippen LogP contribution is -2.16. The SMILES string of the molecule is CCN(C)c1noc(-c2ccc(F)cc2N)n1. The number of nitrogens with two attached hydrogens (primary N) is 1. The molecule has 0 unspecified atom stereocenters. The summed E-state index contributed by atoms with van der Waals surface area (Å²) in [6.45, 7) is 2.74. The fourth-order valence-electron chi connectivity index (χ4n) is 1.35. The lowest BCUT2D eigenvalue weighted by Gasteiger charge is -2.08. The van der Waals surface area contributed by atoms with Gasteiger partial charge in [0.05, 0.1) is 5.56 Å². The molecule has 2 aromatic rings. The van der Waals surface area contributed by atoms with E-state index in [1.54, 1.807) is 0 Å². The first-order valence-corrected chi connectivity index (χ1v) is 5.22. The first-order chi connectivity index (χ1) is 8.11. The van der Waals surface area contributed by atoms with Gasteiger partial charge in [-0.2, -0.15) is 4.98 Å². The Morgan fingerprint density at radius 1 is 1.47 bits per heavy atom. The Hall–Kier alpha value is -2.11. The van der Waals surface area contributed by atoms with Crippen molar-refractivity contribution in [1.82, 2.24) is 10.1 Å². The minimum absolute atomic E-state index is 0.277. The summed E-state index contributed by atoms with van der Waals surface area (Å²) in [7, 11) is 1.85. The van der Waals surface area contributed by atoms with Crippen molar-refractivity contribution < 1.29 is 8.91 Å². The molecular weight excluding hydrogens is 223 g/mol. The molecule has 1 aromatic heterocycles. The Bertz CT molecular complexity index is 526. The minimum Gasteiger partial charge on any atom is -0.398 e. The van der Waals surface area contributed by atoms with Crippen LogP contribution in [0.15, 0.2) is 22.7 Å². The number of nitrogen functional groups attached to an aromatic ring is 1. The zero-order valence-corrected chi connectivity index (χ0v) is 9.64. The van der Waals surface area contributed by atoms with E-state index >= 15 is 0 Å². The number of rotatable bonds is 3. The first kappa shape index (κ1) is 11.4. The molecule has 90 valence electrons. The van der Waals surface area contributed by atoms with Crippen LogP contribution in [-0.4, -0.2) is 23.7 Å². The largest absolute Gasteiger partial charge is 0.398 e. The zero-order chi connectivity index (χ0) is 12.4. The monoisotopic (exact) mass is 236 g/mol. The van der Waals surface area contributed by atoms with E-state index in [-0.39, 0.29) is 11.6 Å². The van der Waals surface area contributed by atoms with E-state index in [4.69, 9.17) is 10.3 Å². The molecule has 2 rings (SSSR count). The molecule has 5 nitrogen and oxygen atoms in total. The van der Waals surface area contributed by atoms with E-state index in [0.717, 1.165) is 6.54 Å². The second-order valence-corrected chi connectivity index (χ2v) is 3.65. The fraction of sp³-hybridized carbons (Fsp3) is 0.273. The average molecular weight is 236 g/mol. The maximum Gasteiger partial charge on any atom is 0.266 e. The number of halogens is 1. The van der Waals surface area contributed by atoms with Crippen molar-refractivity contribution in [3.05, 3.63) is 24.0 Å². The second kappa shape index (κ2) is 4.40. The van der Waals surface area contributed by atoms with Crippen LogP contribution in [0.25, 0.3) is 11.5 Å². The van der Waals surface area contributed by atoms with Gasteiger partial charge in [0.15, 0.2) is 0 Å². The lowest BCUT2D eigenvalue weighted by atomic mass is 10.2. The molecular formula is C11H13FN4O. The molecule has 0 aliphatic rings. The number of aromatic nitrogens is 2. The van der Waals surface area contributed by atoms with E-state index in [1.165, 1.54) is 18.2 Å². The molecule has 6 heteroatoms. The van der Waals surface area contributed by atoms with Crippen LogP contribution < -0.4 is 10.6 Å². The van der Waals surface area contributed by atoms with Gasteiger partial charge in [0.2, 0.25) is 0 Å². The van der Waals surface area contributed by atoms with Gasteiger partial charge in [0.1, 0.15) is 5.82 Å². The molecule has 0 amide bonds. The van der Waals surface area contributed by atoms with Gasteiger partial charge in [-0.25, -0.2) is 4.39 Å². The minimum atomic E-state index is -0.392. The van der Waals surface area contributed by atoms with Crippen molar-refractivity contribution in [2.75, 3.05) is 24.2 Å². The van der Waals surface area contributed by atoms with Crippen LogP contribution in [-0.2, 0) is 0 Å². The highest BCUT2D eigenvalue weighted by Crippen LogP contribution is 2.26. The van der Waals surface area contributed by atoms with Crippen LogP contribution in [0.1, 0.15) is 6.92 Å². The normalized spacial score (nSPS) is 10.5. The number of benzene rings is 1. The van der Waals surface area contributed by atoms with Crippen LogP contribution in [0.5, 0.6) is 0 Å². The van der Waals surface area contributed by atoms with Gasteiger partial charge in [-0.05, 0) is 30.3 Å². The maximum absolute atomic E-state index is 12.9. The standard InChI is InChI=1S/C11H13FN4O/c1-3-16(2)11-14-10(17-15-11)8-5-4-7(12)6-9(8)13/h4-6H,3,13H2,1-2H3. The summed E-state index contributed by atoms with van der Waals surface area (Å²) in [5.41, 5.74) is 6.50. The van der Waals surface area contributed by atoms with Crippen molar-refractivity contribution in [2.24, 2.45) is 0 Å².